The predicted octanol–water partition coefficient (Wildman–Crippen LogP) is 1.95. The molecule has 0 fully saturated rings. The van der Waals surface area contributed by atoms with Crippen molar-refractivity contribution in [3.05, 3.63) is 35.6 Å². The highest BCUT2D eigenvalue weighted by molar-refractivity contribution is 5.75. The number of aliphatic carboxylic acids is 1. The molecular weight excluding hydrogens is 197 g/mol. The molecule has 1 rings (SSSR count). The van der Waals surface area contributed by atoms with Gasteiger partial charge in [-0.25, -0.2) is 4.39 Å². The third-order valence-electron chi connectivity index (χ3n) is 2.03. The van der Waals surface area contributed by atoms with Crippen LogP contribution in [0.1, 0.15) is 24.9 Å². The Bertz CT molecular complexity index is 341. The number of nitrogens with one attached hydrogen (secondary N) is 1. The van der Waals surface area contributed by atoms with Gasteiger partial charge in [0.2, 0.25) is 0 Å². The fraction of sp³-hybridized carbons (Fsp3) is 0.364. The Hall–Kier alpha value is -1.42. The fourth-order valence-electron chi connectivity index (χ4n) is 1.32. The van der Waals surface area contributed by atoms with Gasteiger partial charge in [-0.05, 0) is 30.7 Å². The normalized spacial score (nSPS) is 12.4. The molecule has 4 heteroatoms. The molecule has 0 saturated carbocycles. The Kier molecular flexibility index (Phi) is 4.24. The molecule has 1 atom stereocenters. The summed E-state index contributed by atoms with van der Waals surface area (Å²) in [7, 11) is 0. The summed E-state index contributed by atoms with van der Waals surface area (Å²) >= 11 is 0. The van der Waals surface area contributed by atoms with Crippen LogP contribution in [-0.2, 0) is 4.79 Å². The number of carboxylic acids is 1. The lowest BCUT2D eigenvalue weighted by Crippen LogP contribution is -2.29. The lowest BCUT2D eigenvalue weighted by Gasteiger charge is -2.14. The number of hydrogen-bond acceptors (Lipinski definition) is 2. The summed E-state index contributed by atoms with van der Waals surface area (Å²) in [6, 6.07) is 4.81. The largest absolute Gasteiger partial charge is 0.480 e. The van der Waals surface area contributed by atoms with Gasteiger partial charge in [0.25, 0.3) is 0 Å². The van der Waals surface area contributed by atoms with E-state index in [-0.39, 0.29) is 0 Å². The van der Waals surface area contributed by atoms with Gasteiger partial charge in [-0.2, -0.15) is 0 Å². The van der Waals surface area contributed by atoms with Crippen molar-refractivity contribution in [3.63, 3.8) is 0 Å². The zero-order chi connectivity index (χ0) is 11.3. The topological polar surface area (TPSA) is 49.3 Å². The number of hydrogen-bond donors (Lipinski definition) is 2. The molecule has 82 valence electrons. The van der Waals surface area contributed by atoms with Crippen molar-refractivity contribution >= 4 is 5.97 Å². The van der Waals surface area contributed by atoms with Crippen LogP contribution in [0.4, 0.5) is 4.39 Å². The lowest BCUT2D eigenvalue weighted by molar-refractivity contribution is -0.139. The number of carbonyl (C=O) groups is 1. The number of benzene rings is 1. The molecule has 1 unspecified atom stereocenters. The maximum atomic E-state index is 12.9. The molecule has 0 amide bonds. The smallest absolute Gasteiger partial charge is 0.325 e. The minimum absolute atomic E-state index is 0.419. The van der Waals surface area contributed by atoms with Gasteiger partial charge in [0.15, 0.2) is 0 Å². The maximum absolute atomic E-state index is 12.9. The SMILES string of the molecule is CCCNC(C(=O)O)c1cccc(F)c1. The first-order valence-corrected chi connectivity index (χ1v) is 4.86. The summed E-state index contributed by atoms with van der Waals surface area (Å²) < 4.78 is 12.9. The summed E-state index contributed by atoms with van der Waals surface area (Å²) in [5.74, 6) is -1.41. The van der Waals surface area contributed by atoms with E-state index in [1.807, 2.05) is 6.92 Å². The molecule has 0 spiro atoms. The van der Waals surface area contributed by atoms with Crippen molar-refractivity contribution in [2.75, 3.05) is 6.54 Å². The minimum atomic E-state index is -0.992. The standard InChI is InChI=1S/C11H14FNO2/c1-2-6-13-10(11(14)15)8-4-3-5-9(12)7-8/h3-5,7,10,13H,2,6H2,1H3,(H,14,15). The van der Waals surface area contributed by atoms with Crippen molar-refractivity contribution in [1.82, 2.24) is 5.32 Å². The first-order valence-electron chi connectivity index (χ1n) is 4.86. The summed E-state index contributed by atoms with van der Waals surface area (Å²) in [5.41, 5.74) is 0.441. The molecule has 0 radical (unpaired) electrons. The van der Waals surface area contributed by atoms with E-state index in [0.717, 1.165) is 6.42 Å². The molecule has 15 heavy (non-hydrogen) atoms. The third-order valence-corrected chi connectivity index (χ3v) is 2.03. The summed E-state index contributed by atoms with van der Waals surface area (Å²) in [6.07, 6.45) is 0.832. The average molecular weight is 211 g/mol. The van der Waals surface area contributed by atoms with E-state index >= 15 is 0 Å². The Balaban J connectivity index is 2.84. The second-order valence-corrected chi connectivity index (χ2v) is 3.28. The molecule has 1 aromatic carbocycles. The number of carboxylic acid groups (broad SMARTS) is 1. The van der Waals surface area contributed by atoms with Crippen molar-refractivity contribution in [1.29, 1.82) is 0 Å². The molecule has 0 bridgehead atoms. The Labute approximate surface area is 87.9 Å². The average Bonchev–Trinajstić information content (AvgIpc) is 2.18. The highest BCUT2D eigenvalue weighted by Gasteiger charge is 2.18. The van der Waals surface area contributed by atoms with Gasteiger partial charge < -0.3 is 10.4 Å². The van der Waals surface area contributed by atoms with Gasteiger partial charge in [0.05, 0.1) is 0 Å². The van der Waals surface area contributed by atoms with E-state index in [0.29, 0.717) is 12.1 Å². The predicted molar refractivity (Wildman–Crippen MR) is 55.1 cm³/mol. The fourth-order valence-corrected chi connectivity index (χ4v) is 1.32. The Morgan fingerprint density at radius 1 is 1.60 bits per heavy atom. The minimum Gasteiger partial charge on any atom is -0.480 e. The quantitative estimate of drug-likeness (QED) is 0.782. The van der Waals surface area contributed by atoms with Crippen LogP contribution in [0.25, 0.3) is 0 Å². The highest BCUT2D eigenvalue weighted by atomic mass is 19.1. The summed E-state index contributed by atoms with van der Waals surface area (Å²) in [6.45, 7) is 2.53. The van der Waals surface area contributed by atoms with Crippen molar-refractivity contribution < 1.29 is 14.3 Å². The molecular formula is C11H14FNO2. The van der Waals surface area contributed by atoms with Crippen LogP contribution in [0.5, 0.6) is 0 Å². The number of rotatable bonds is 5. The van der Waals surface area contributed by atoms with E-state index in [1.165, 1.54) is 18.2 Å². The van der Waals surface area contributed by atoms with Gasteiger partial charge in [0.1, 0.15) is 11.9 Å². The molecule has 3 nitrogen and oxygen atoms in total. The second kappa shape index (κ2) is 5.46. The lowest BCUT2D eigenvalue weighted by atomic mass is 10.1. The van der Waals surface area contributed by atoms with Crippen LogP contribution in [0.3, 0.4) is 0 Å². The molecule has 0 heterocycles. The maximum Gasteiger partial charge on any atom is 0.325 e. The first kappa shape index (κ1) is 11.7. The molecule has 0 aliphatic heterocycles. The summed E-state index contributed by atoms with van der Waals surface area (Å²) in [4.78, 5) is 10.9. The van der Waals surface area contributed by atoms with Gasteiger partial charge in [-0.15, -0.1) is 0 Å². The van der Waals surface area contributed by atoms with Gasteiger partial charge >= 0.3 is 5.97 Å². The molecule has 0 aliphatic rings. The van der Waals surface area contributed by atoms with Crippen LogP contribution in [-0.4, -0.2) is 17.6 Å². The molecule has 0 aromatic heterocycles. The van der Waals surface area contributed by atoms with E-state index in [1.54, 1.807) is 6.07 Å². The van der Waals surface area contributed by atoms with Crippen molar-refractivity contribution in [2.45, 2.75) is 19.4 Å². The highest BCUT2D eigenvalue weighted by Crippen LogP contribution is 2.14. The van der Waals surface area contributed by atoms with Crippen LogP contribution >= 0.6 is 0 Å². The van der Waals surface area contributed by atoms with Gasteiger partial charge in [0, 0.05) is 0 Å². The zero-order valence-electron chi connectivity index (χ0n) is 8.53. The van der Waals surface area contributed by atoms with Gasteiger partial charge in [-0.3, -0.25) is 4.79 Å². The summed E-state index contributed by atoms with van der Waals surface area (Å²) in [5, 5.41) is 11.8. The van der Waals surface area contributed by atoms with E-state index in [9.17, 15) is 9.18 Å². The molecule has 2 N–H and O–H groups in total. The first-order chi connectivity index (χ1) is 7.15. The van der Waals surface area contributed by atoms with Crippen molar-refractivity contribution in [3.8, 4) is 0 Å². The monoisotopic (exact) mass is 211 g/mol. The van der Waals surface area contributed by atoms with Crippen LogP contribution in [0.15, 0.2) is 24.3 Å². The third kappa shape index (κ3) is 3.32. The van der Waals surface area contributed by atoms with E-state index in [4.69, 9.17) is 5.11 Å². The van der Waals surface area contributed by atoms with Crippen molar-refractivity contribution in [2.24, 2.45) is 0 Å². The van der Waals surface area contributed by atoms with Gasteiger partial charge in [-0.1, -0.05) is 19.1 Å². The number of halogens is 1. The molecule has 0 aliphatic carbocycles. The van der Waals surface area contributed by atoms with Crippen LogP contribution < -0.4 is 5.32 Å². The van der Waals surface area contributed by atoms with Crippen LogP contribution in [0, 0.1) is 5.82 Å². The Morgan fingerprint density at radius 3 is 2.87 bits per heavy atom. The Morgan fingerprint density at radius 2 is 2.33 bits per heavy atom. The zero-order valence-corrected chi connectivity index (χ0v) is 8.53. The molecule has 1 aromatic rings. The van der Waals surface area contributed by atoms with E-state index in [2.05, 4.69) is 5.32 Å². The second-order valence-electron chi connectivity index (χ2n) is 3.28. The molecule has 0 saturated heterocycles. The van der Waals surface area contributed by atoms with E-state index < -0.39 is 17.8 Å². The van der Waals surface area contributed by atoms with Crippen LogP contribution in [0.2, 0.25) is 0 Å².